The number of fused-ring (bicyclic) bond motifs is 1. The third-order valence-corrected chi connectivity index (χ3v) is 5.71. The summed E-state index contributed by atoms with van der Waals surface area (Å²) < 4.78 is 8.09. The molecule has 6 nitrogen and oxygen atoms in total. The van der Waals surface area contributed by atoms with Gasteiger partial charge in [0.2, 0.25) is 0 Å². The minimum absolute atomic E-state index is 0.0449. The zero-order chi connectivity index (χ0) is 19.4. The predicted molar refractivity (Wildman–Crippen MR) is 112 cm³/mol. The van der Waals surface area contributed by atoms with Gasteiger partial charge < -0.3 is 10.1 Å². The molecule has 0 saturated carbocycles. The standard InChI is InChI=1S/C20H29BrN4O2/c1-4-6-18(24-10-9-22-15(12-24)13-27-3)19-23-17-8-7-14(21)11-16(17)20(26)25(19)5-2/h7-8,11,15,18,22H,4-6,9-10,12-13H2,1-3H3/t15-,18+/m1/s1. The lowest BCUT2D eigenvalue weighted by Gasteiger charge is -2.39. The molecule has 1 aromatic heterocycles. The van der Waals surface area contributed by atoms with Crippen LogP contribution in [0.3, 0.4) is 0 Å². The van der Waals surface area contributed by atoms with E-state index in [2.05, 4.69) is 33.1 Å². The van der Waals surface area contributed by atoms with Gasteiger partial charge in [-0.25, -0.2) is 4.98 Å². The molecule has 3 rings (SSSR count). The molecule has 1 aliphatic heterocycles. The molecule has 1 aliphatic rings. The molecule has 0 unspecified atom stereocenters. The molecule has 1 N–H and O–H groups in total. The second kappa shape index (κ2) is 9.28. The Hall–Kier alpha value is -1.28. The summed E-state index contributed by atoms with van der Waals surface area (Å²) in [6.45, 7) is 8.29. The van der Waals surface area contributed by atoms with Crippen LogP contribution in [-0.4, -0.2) is 53.8 Å². The Morgan fingerprint density at radius 1 is 1.41 bits per heavy atom. The first-order valence-corrected chi connectivity index (χ1v) is 10.5. The summed E-state index contributed by atoms with van der Waals surface area (Å²) in [5, 5.41) is 4.18. The van der Waals surface area contributed by atoms with E-state index in [9.17, 15) is 4.79 Å². The number of aromatic nitrogens is 2. The van der Waals surface area contributed by atoms with Crippen LogP contribution in [0, 0.1) is 0 Å². The van der Waals surface area contributed by atoms with Gasteiger partial charge in [0, 0.05) is 43.8 Å². The van der Waals surface area contributed by atoms with E-state index < -0.39 is 0 Å². The van der Waals surface area contributed by atoms with Gasteiger partial charge in [-0.2, -0.15) is 0 Å². The van der Waals surface area contributed by atoms with E-state index >= 15 is 0 Å². The molecule has 0 bridgehead atoms. The van der Waals surface area contributed by atoms with Gasteiger partial charge >= 0.3 is 0 Å². The fourth-order valence-corrected chi connectivity index (χ4v) is 4.33. The summed E-state index contributed by atoms with van der Waals surface area (Å²) in [4.78, 5) is 20.6. The quantitative estimate of drug-likeness (QED) is 0.722. The van der Waals surface area contributed by atoms with Crippen molar-refractivity contribution >= 4 is 26.8 Å². The number of piperazine rings is 1. The first-order valence-electron chi connectivity index (χ1n) is 9.75. The molecule has 1 fully saturated rings. The van der Waals surface area contributed by atoms with Crippen LogP contribution in [0.4, 0.5) is 0 Å². The van der Waals surface area contributed by atoms with Gasteiger partial charge in [-0.05, 0) is 31.5 Å². The Morgan fingerprint density at radius 3 is 2.93 bits per heavy atom. The zero-order valence-corrected chi connectivity index (χ0v) is 18.0. The van der Waals surface area contributed by atoms with Gasteiger partial charge in [0.05, 0.1) is 23.6 Å². The third-order valence-electron chi connectivity index (χ3n) is 5.22. The maximum Gasteiger partial charge on any atom is 0.261 e. The summed E-state index contributed by atoms with van der Waals surface area (Å²) >= 11 is 3.47. The first kappa shape index (κ1) is 20.5. The maximum atomic E-state index is 13.1. The first-order chi connectivity index (χ1) is 13.1. The van der Waals surface area contributed by atoms with Crippen molar-refractivity contribution in [1.82, 2.24) is 19.8 Å². The Labute approximate surface area is 169 Å². The molecular weight excluding hydrogens is 408 g/mol. The van der Waals surface area contributed by atoms with Gasteiger partial charge in [0.25, 0.3) is 5.56 Å². The lowest BCUT2D eigenvalue weighted by molar-refractivity contribution is 0.0839. The minimum atomic E-state index is 0.0449. The largest absolute Gasteiger partial charge is 0.383 e. The van der Waals surface area contributed by atoms with E-state index in [0.29, 0.717) is 24.6 Å². The van der Waals surface area contributed by atoms with E-state index in [1.165, 1.54) is 0 Å². The number of rotatable bonds is 7. The summed E-state index contributed by atoms with van der Waals surface area (Å²) in [7, 11) is 1.74. The fraction of sp³-hybridized carbons (Fsp3) is 0.600. The Bertz CT molecular complexity index is 837. The monoisotopic (exact) mass is 436 g/mol. The van der Waals surface area contributed by atoms with Crippen molar-refractivity contribution in [3.63, 3.8) is 0 Å². The molecule has 2 atom stereocenters. The molecule has 7 heteroatoms. The molecule has 1 saturated heterocycles. The van der Waals surface area contributed by atoms with Gasteiger partial charge in [0.15, 0.2) is 0 Å². The molecule has 1 aromatic carbocycles. The highest BCUT2D eigenvalue weighted by Crippen LogP contribution is 2.27. The number of nitrogens with one attached hydrogen (secondary N) is 1. The number of hydrogen-bond acceptors (Lipinski definition) is 5. The van der Waals surface area contributed by atoms with Crippen LogP contribution < -0.4 is 10.9 Å². The highest BCUT2D eigenvalue weighted by atomic mass is 79.9. The summed E-state index contributed by atoms with van der Waals surface area (Å²) in [6, 6.07) is 6.19. The molecule has 0 radical (unpaired) electrons. The summed E-state index contributed by atoms with van der Waals surface area (Å²) in [6.07, 6.45) is 2.02. The second-order valence-electron chi connectivity index (χ2n) is 7.09. The van der Waals surface area contributed by atoms with Crippen molar-refractivity contribution in [1.29, 1.82) is 0 Å². The molecule has 0 aliphatic carbocycles. The smallest absolute Gasteiger partial charge is 0.261 e. The van der Waals surface area contributed by atoms with Crippen molar-refractivity contribution < 1.29 is 4.74 Å². The average Bonchev–Trinajstić information content (AvgIpc) is 2.67. The molecule has 148 valence electrons. The fourth-order valence-electron chi connectivity index (χ4n) is 3.97. The lowest BCUT2D eigenvalue weighted by Crippen LogP contribution is -2.53. The predicted octanol–water partition coefficient (Wildman–Crippen LogP) is 2.94. The van der Waals surface area contributed by atoms with Crippen LogP contribution in [0.25, 0.3) is 10.9 Å². The van der Waals surface area contributed by atoms with Crippen LogP contribution in [0.5, 0.6) is 0 Å². The highest BCUT2D eigenvalue weighted by Gasteiger charge is 2.29. The normalized spacial score (nSPS) is 19.5. The van der Waals surface area contributed by atoms with E-state index in [0.717, 1.165) is 48.3 Å². The summed E-state index contributed by atoms with van der Waals surface area (Å²) in [5.74, 6) is 0.886. The van der Waals surface area contributed by atoms with E-state index in [1.807, 2.05) is 29.7 Å². The topological polar surface area (TPSA) is 59.4 Å². The summed E-state index contributed by atoms with van der Waals surface area (Å²) in [5.41, 5.74) is 0.816. The Morgan fingerprint density at radius 2 is 2.22 bits per heavy atom. The Kier molecular flexibility index (Phi) is 7.03. The van der Waals surface area contributed by atoms with Gasteiger partial charge in [-0.3, -0.25) is 14.3 Å². The zero-order valence-electron chi connectivity index (χ0n) is 16.4. The molecule has 0 spiro atoms. The molecule has 0 amide bonds. The SMILES string of the molecule is CCC[C@@H](c1nc2ccc(Br)cc2c(=O)n1CC)N1CCN[C@@H](COC)C1. The maximum absolute atomic E-state index is 13.1. The van der Waals surface area contributed by atoms with Crippen LogP contribution >= 0.6 is 15.9 Å². The molecule has 27 heavy (non-hydrogen) atoms. The van der Waals surface area contributed by atoms with Crippen molar-refractivity contribution in [2.24, 2.45) is 0 Å². The third kappa shape index (κ3) is 4.42. The second-order valence-corrected chi connectivity index (χ2v) is 8.00. The Balaban J connectivity index is 2.05. The number of benzene rings is 1. The minimum Gasteiger partial charge on any atom is -0.383 e. The number of halogens is 1. The number of nitrogens with zero attached hydrogens (tertiary/aromatic N) is 3. The number of ether oxygens (including phenoxy) is 1. The highest BCUT2D eigenvalue weighted by molar-refractivity contribution is 9.10. The van der Waals surface area contributed by atoms with Gasteiger partial charge in [-0.15, -0.1) is 0 Å². The van der Waals surface area contributed by atoms with Crippen LogP contribution in [-0.2, 0) is 11.3 Å². The van der Waals surface area contributed by atoms with Crippen molar-refractivity contribution in [3.05, 3.63) is 38.9 Å². The molecule has 2 aromatic rings. The van der Waals surface area contributed by atoms with E-state index in [-0.39, 0.29) is 11.6 Å². The molecular formula is C20H29BrN4O2. The number of hydrogen-bond donors (Lipinski definition) is 1. The van der Waals surface area contributed by atoms with Crippen molar-refractivity contribution in [3.8, 4) is 0 Å². The van der Waals surface area contributed by atoms with Gasteiger partial charge in [-0.1, -0.05) is 29.3 Å². The average molecular weight is 437 g/mol. The lowest BCUT2D eigenvalue weighted by atomic mass is 10.1. The molecule has 2 heterocycles. The number of methoxy groups -OCH3 is 1. The van der Waals surface area contributed by atoms with E-state index in [1.54, 1.807) is 7.11 Å². The van der Waals surface area contributed by atoms with Crippen LogP contribution in [0.15, 0.2) is 27.5 Å². The van der Waals surface area contributed by atoms with Gasteiger partial charge in [0.1, 0.15) is 5.82 Å². The van der Waals surface area contributed by atoms with Crippen molar-refractivity contribution in [2.45, 2.75) is 45.3 Å². The van der Waals surface area contributed by atoms with Crippen LogP contribution in [0.1, 0.15) is 38.6 Å². The van der Waals surface area contributed by atoms with Crippen LogP contribution in [0.2, 0.25) is 0 Å². The van der Waals surface area contributed by atoms with E-state index in [4.69, 9.17) is 9.72 Å². The van der Waals surface area contributed by atoms with Crippen molar-refractivity contribution in [2.75, 3.05) is 33.4 Å².